The fourth-order valence-electron chi connectivity index (χ4n) is 2.88. The Kier molecular flexibility index (Phi) is 5.38. The normalized spacial score (nSPS) is 15.7. The number of para-hydroxylation sites is 1. The van der Waals surface area contributed by atoms with Crippen molar-refractivity contribution in [3.05, 3.63) is 59.4 Å². The second-order valence-electron chi connectivity index (χ2n) is 6.02. The maximum atomic E-state index is 13.1. The molecule has 0 aliphatic carbocycles. The molecule has 0 spiro atoms. The van der Waals surface area contributed by atoms with Gasteiger partial charge in [-0.1, -0.05) is 24.3 Å². The summed E-state index contributed by atoms with van der Waals surface area (Å²) in [5.74, 6) is 1.40. The molecule has 3 rings (SSSR count). The van der Waals surface area contributed by atoms with E-state index in [2.05, 4.69) is 10.6 Å². The molecule has 1 atom stereocenters. The van der Waals surface area contributed by atoms with Crippen molar-refractivity contribution >= 4 is 6.03 Å². The maximum absolute atomic E-state index is 13.1. The molecule has 2 aromatic carbocycles. The Hall–Kier alpha value is -2.76. The fraction of sp³-hybridized carbons (Fsp3) is 0.316. The van der Waals surface area contributed by atoms with E-state index in [4.69, 9.17) is 9.47 Å². The van der Waals surface area contributed by atoms with E-state index in [0.717, 1.165) is 29.0 Å². The van der Waals surface area contributed by atoms with Gasteiger partial charge < -0.3 is 20.1 Å². The second-order valence-corrected chi connectivity index (χ2v) is 6.02. The maximum Gasteiger partial charge on any atom is 0.315 e. The number of carbonyl (C=O) groups is 1. The molecule has 0 radical (unpaired) electrons. The first-order valence-corrected chi connectivity index (χ1v) is 8.20. The van der Waals surface area contributed by atoms with Crippen molar-refractivity contribution in [3.8, 4) is 11.5 Å². The van der Waals surface area contributed by atoms with Gasteiger partial charge >= 0.3 is 6.03 Å². The Morgan fingerprint density at radius 3 is 2.92 bits per heavy atom. The van der Waals surface area contributed by atoms with Gasteiger partial charge in [-0.3, -0.25) is 0 Å². The van der Waals surface area contributed by atoms with E-state index in [1.165, 1.54) is 12.1 Å². The van der Waals surface area contributed by atoms with Gasteiger partial charge in [0.25, 0.3) is 0 Å². The third kappa shape index (κ3) is 4.41. The zero-order valence-electron chi connectivity index (χ0n) is 14.0. The highest BCUT2D eigenvalue weighted by atomic mass is 19.1. The predicted molar refractivity (Wildman–Crippen MR) is 92.3 cm³/mol. The molecule has 2 N–H and O–H groups in total. The minimum atomic E-state index is -0.312. The topological polar surface area (TPSA) is 59.6 Å². The van der Waals surface area contributed by atoms with Crippen LogP contribution in [0.4, 0.5) is 9.18 Å². The van der Waals surface area contributed by atoms with E-state index in [1.807, 2.05) is 18.2 Å². The number of amides is 2. The van der Waals surface area contributed by atoms with E-state index in [0.29, 0.717) is 13.2 Å². The van der Waals surface area contributed by atoms with E-state index in [1.54, 1.807) is 19.2 Å². The highest BCUT2D eigenvalue weighted by Gasteiger charge is 2.22. The molecule has 2 amide bonds. The van der Waals surface area contributed by atoms with Crippen LogP contribution in [0.1, 0.15) is 11.1 Å². The third-order valence-electron chi connectivity index (χ3n) is 4.15. The quantitative estimate of drug-likeness (QED) is 0.877. The lowest BCUT2D eigenvalue weighted by Crippen LogP contribution is -2.40. The smallest absolute Gasteiger partial charge is 0.315 e. The molecule has 5 nitrogen and oxygen atoms in total. The summed E-state index contributed by atoms with van der Waals surface area (Å²) in [6.07, 6.45) is 0.816. The van der Waals surface area contributed by atoms with Gasteiger partial charge in [-0.2, -0.15) is 0 Å². The standard InChI is InChI=1S/C19H21FN2O3/c1-24-17-7-3-5-15-8-14(12-25-18(15)17)11-22-19(23)21-10-13-4-2-6-16(20)9-13/h2-7,9,14H,8,10-12H2,1H3,(H2,21,22,23)/t14-/m0/s1. The second kappa shape index (κ2) is 7.88. The minimum absolute atomic E-state index is 0.194. The van der Waals surface area contributed by atoms with Crippen LogP contribution in [0.25, 0.3) is 0 Å². The van der Waals surface area contributed by atoms with E-state index in [9.17, 15) is 9.18 Å². The summed E-state index contributed by atoms with van der Waals surface area (Å²) in [7, 11) is 1.62. The molecule has 0 bridgehead atoms. The molecule has 0 fully saturated rings. The number of carbonyl (C=O) groups excluding carboxylic acids is 1. The number of halogens is 1. The van der Waals surface area contributed by atoms with Crippen molar-refractivity contribution in [1.82, 2.24) is 10.6 Å². The van der Waals surface area contributed by atoms with Crippen molar-refractivity contribution in [2.45, 2.75) is 13.0 Å². The van der Waals surface area contributed by atoms with Gasteiger partial charge in [-0.25, -0.2) is 9.18 Å². The van der Waals surface area contributed by atoms with Crippen LogP contribution in [0.5, 0.6) is 11.5 Å². The Morgan fingerprint density at radius 2 is 2.12 bits per heavy atom. The number of benzene rings is 2. The monoisotopic (exact) mass is 344 g/mol. The highest BCUT2D eigenvalue weighted by Crippen LogP contribution is 2.35. The Bertz CT molecular complexity index is 751. The minimum Gasteiger partial charge on any atom is -0.493 e. The molecule has 132 valence electrons. The summed E-state index contributed by atoms with van der Waals surface area (Å²) in [6.45, 7) is 1.31. The molecule has 0 aromatic heterocycles. The van der Waals surface area contributed by atoms with Gasteiger partial charge in [-0.05, 0) is 35.7 Å². The Morgan fingerprint density at radius 1 is 1.28 bits per heavy atom. The van der Waals surface area contributed by atoms with Crippen LogP contribution in [0.15, 0.2) is 42.5 Å². The molecule has 1 aliphatic heterocycles. The molecule has 1 aliphatic rings. The van der Waals surface area contributed by atoms with Crippen LogP contribution < -0.4 is 20.1 Å². The first-order chi connectivity index (χ1) is 12.2. The molecule has 6 heteroatoms. The molecular formula is C19H21FN2O3. The van der Waals surface area contributed by atoms with E-state index >= 15 is 0 Å². The summed E-state index contributed by atoms with van der Waals surface area (Å²) in [5.41, 5.74) is 1.80. The molecule has 2 aromatic rings. The average Bonchev–Trinajstić information content (AvgIpc) is 2.64. The van der Waals surface area contributed by atoms with Gasteiger partial charge in [0, 0.05) is 19.0 Å². The van der Waals surface area contributed by atoms with Gasteiger partial charge in [-0.15, -0.1) is 0 Å². The number of hydrogen-bond donors (Lipinski definition) is 2. The number of nitrogens with one attached hydrogen (secondary N) is 2. The highest BCUT2D eigenvalue weighted by molar-refractivity contribution is 5.73. The number of rotatable bonds is 5. The predicted octanol–water partition coefficient (Wildman–Crippen LogP) is 2.88. The zero-order valence-corrected chi connectivity index (χ0v) is 14.0. The number of urea groups is 1. The largest absolute Gasteiger partial charge is 0.493 e. The van der Waals surface area contributed by atoms with Crippen molar-refractivity contribution in [3.63, 3.8) is 0 Å². The van der Waals surface area contributed by atoms with Crippen LogP contribution in [0.2, 0.25) is 0 Å². The van der Waals surface area contributed by atoms with Crippen molar-refractivity contribution in [2.75, 3.05) is 20.3 Å². The zero-order chi connectivity index (χ0) is 17.6. The van der Waals surface area contributed by atoms with Crippen LogP contribution in [0, 0.1) is 11.7 Å². The number of methoxy groups -OCH3 is 1. The number of hydrogen-bond acceptors (Lipinski definition) is 3. The lowest BCUT2D eigenvalue weighted by atomic mass is 9.96. The van der Waals surface area contributed by atoms with Crippen LogP contribution >= 0.6 is 0 Å². The Balaban J connectivity index is 1.46. The van der Waals surface area contributed by atoms with Gasteiger partial charge in [0.05, 0.1) is 13.7 Å². The summed E-state index contributed by atoms with van der Waals surface area (Å²) in [5, 5.41) is 5.57. The molecule has 0 unspecified atom stereocenters. The van der Waals surface area contributed by atoms with Crippen molar-refractivity contribution < 1.29 is 18.7 Å². The van der Waals surface area contributed by atoms with Crippen molar-refractivity contribution in [1.29, 1.82) is 0 Å². The summed E-state index contributed by atoms with van der Waals surface area (Å²) in [6, 6.07) is 11.7. The molecule has 25 heavy (non-hydrogen) atoms. The molecule has 1 heterocycles. The van der Waals surface area contributed by atoms with Crippen LogP contribution in [-0.4, -0.2) is 26.3 Å². The van der Waals surface area contributed by atoms with Gasteiger partial charge in [0.2, 0.25) is 0 Å². The molecule has 0 saturated carbocycles. The first kappa shape index (κ1) is 17.1. The molecule has 0 saturated heterocycles. The van der Waals surface area contributed by atoms with Crippen LogP contribution in [-0.2, 0) is 13.0 Å². The summed E-state index contributed by atoms with van der Waals surface area (Å²) < 4.78 is 24.2. The number of fused-ring (bicyclic) bond motifs is 1. The first-order valence-electron chi connectivity index (χ1n) is 8.20. The summed E-state index contributed by atoms with van der Waals surface area (Å²) >= 11 is 0. The Labute approximate surface area is 146 Å². The van der Waals surface area contributed by atoms with E-state index < -0.39 is 0 Å². The average molecular weight is 344 g/mol. The lowest BCUT2D eigenvalue weighted by molar-refractivity contribution is 0.204. The van der Waals surface area contributed by atoms with E-state index in [-0.39, 0.29) is 24.3 Å². The van der Waals surface area contributed by atoms with Gasteiger partial charge in [0.1, 0.15) is 5.82 Å². The SMILES string of the molecule is COc1cccc2c1OC[C@H](CNC(=O)NCc1cccc(F)c1)C2. The van der Waals surface area contributed by atoms with Crippen LogP contribution in [0.3, 0.4) is 0 Å². The fourth-order valence-corrected chi connectivity index (χ4v) is 2.88. The van der Waals surface area contributed by atoms with Gasteiger partial charge in [0.15, 0.2) is 11.5 Å². The number of ether oxygens (including phenoxy) is 2. The third-order valence-corrected chi connectivity index (χ3v) is 4.15. The van der Waals surface area contributed by atoms with Crippen molar-refractivity contribution in [2.24, 2.45) is 5.92 Å². The molecular weight excluding hydrogens is 323 g/mol. The summed E-state index contributed by atoms with van der Waals surface area (Å²) in [4.78, 5) is 11.9. The lowest BCUT2D eigenvalue weighted by Gasteiger charge is -2.26.